The lowest BCUT2D eigenvalue weighted by Crippen LogP contribution is -2.10. The molecule has 3 aromatic carbocycles. The molecule has 1 heterocycles. The molecule has 0 atom stereocenters. The van der Waals surface area contributed by atoms with E-state index in [2.05, 4.69) is 24.3 Å². The Morgan fingerprint density at radius 3 is 2.28 bits per heavy atom. The van der Waals surface area contributed by atoms with Crippen molar-refractivity contribution in [3.05, 3.63) is 90.0 Å². The molecule has 4 aromatic rings. The van der Waals surface area contributed by atoms with Gasteiger partial charge in [-0.3, -0.25) is 9.48 Å². The number of nitrogens with two attached hydrogens (primary N) is 1. The molecule has 0 aliphatic rings. The maximum absolute atomic E-state index is 11.3. The number of nitrogens with zero attached hydrogens (tertiary/aromatic N) is 2. The Labute approximate surface area is 145 Å². The van der Waals surface area contributed by atoms with Gasteiger partial charge in [0.05, 0.1) is 12.1 Å². The van der Waals surface area contributed by atoms with Gasteiger partial charge in [0.25, 0.3) is 0 Å². The summed E-state index contributed by atoms with van der Waals surface area (Å²) in [5.41, 5.74) is 9.98. The van der Waals surface area contributed by atoms with E-state index < -0.39 is 5.91 Å². The minimum atomic E-state index is -0.425. The molecule has 0 radical (unpaired) electrons. The zero-order valence-electron chi connectivity index (χ0n) is 13.6. The first kappa shape index (κ1) is 15.1. The van der Waals surface area contributed by atoms with Crippen molar-refractivity contribution in [3.8, 4) is 11.3 Å². The van der Waals surface area contributed by atoms with Crippen LogP contribution in [0.15, 0.2) is 78.9 Å². The fourth-order valence-corrected chi connectivity index (χ4v) is 3.01. The molecule has 0 saturated carbocycles. The summed E-state index contributed by atoms with van der Waals surface area (Å²) in [7, 11) is 0. The van der Waals surface area contributed by atoms with Crippen molar-refractivity contribution in [2.24, 2.45) is 5.73 Å². The molecule has 2 N–H and O–H groups in total. The lowest BCUT2D eigenvalue weighted by Gasteiger charge is -2.03. The minimum Gasteiger partial charge on any atom is -0.366 e. The average Bonchev–Trinajstić information content (AvgIpc) is 3.01. The van der Waals surface area contributed by atoms with Crippen molar-refractivity contribution >= 4 is 16.8 Å². The molecular formula is C21H17N3O. The molecular weight excluding hydrogens is 310 g/mol. The number of fused-ring (bicyclic) bond motifs is 1. The van der Waals surface area contributed by atoms with Crippen LogP contribution in [0.2, 0.25) is 0 Å². The molecule has 1 amide bonds. The molecule has 0 spiro atoms. The van der Waals surface area contributed by atoms with E-state index in [1.165, 1.54) is 5.56 Å². The van der Waals surface area contributed by atoms with Gasteiger partial charge < -0.3 is 5.73 Å². The molecule has 4 rings (SSSR count). The van der Waals surface area contributed by atoms with Crippen LogP contribution in [-0.2, 0) is 6.54 Å². The number of carbonyl (C=O) groups is 1. The van der Waals surface area contributed by atoms with Crippen molar-refractivity contribution in [3.63, 3.8) is 0 Å². The van der Waals surface area contributed by atoms with E-state index in [1.54, 1.807) is 12.1 Å². The first-order valence-corrected chi connectivity index (χ1v) is 8.12. The predicted octanol–water partition coefficient (Wildman–Crippen LogP) is 3.85. The van der Waals surface area contributed by atoms with Crippen LogP contribution in [-0.4, -0.2) is 15.7 Å². The zero-order chi connectivity index (χ0) is 17.2. The van der Waals surface area contributed by atoms with Crippen LogP contribution in [0.3, 0.4) is 0 Å². The molecule has 0 saturated heterocycles. The Kier molecular flexibility index (Phi) is 3.78. The quantitative estimate of drug-likeness (QED) is 0.619. The van der Waals surface area contributed by atoms with E-state index in [0.29, 0.717) is 12.1 Å². The molecule has 25 heavy (non-hydrogen) atoms. The summed E-state index contributed by atoms with van der Waals surface area (Å²) in [6.07, 6.45) is 0. The van der Waals surface area contributed by atoms with Crippen molar-refractivity contribution in [2.45, 2.75) is 6.54 Å². The summed E-state index contributed by atoms with van der Waals surface area (Å²) in [6, 6.07) is 25.7. The lowest BCUT2D eigenvalue weighted by atomic mass is 10.1. The van der Waals surface area contributed by atoms with Gasteiger partial charge in [-0.1, -0.05) is 60.7 Å². The predicted molar refractivity (Wildman–Crippen MR) is 99.2 cm³/mol. The summed E-state index contributed by atoms with van der Waals surface area (Å²) >= 11 is 0. The highest BCUT2D eigenvalue weighted by Gasteiger charge is 2.12. The third-order valence-electron chi connectivity index (χ3n) is 4.28. The van der Waals surface area contributed by atoms with Crippen molar-refractivity contribution < 1.29 is 4.79 Å². The van der Waals surface area contributed by atoms with Gasteiger partial charge in [0, 0.05) is 16.5 Å². The lowest BCUT2D eigenvalue weighted by molar-refractivity contribution is 0.100. The van der Waals surface area contributed by atoms with Crippen LogP contribution in [0.1, 0.15) is 15.9 Å². The molecule has 4 nitrogen and oxygen atoms in total. The number of hydrogen-bond acceptors (Lipinski definition) is 2. The highest BCUT2D eigenvalue weighted by atomic mass is 16.1. The Bertz CT molecular complexity index is 1030. The van der Waals surface area contributed by atoms with Gasteiger partial charge in [-0.2, -0.15) is 5.10 Å². The van der Waals surface area contributed by atoms with Gasteiger partial charge in [0.1, 0.15) is 5.69 Å². The third kappa shape index (κ3) is 2.90. The second-order valence-electron chi connectivity index (χ2n) is 5.95. The van der Waals surface area contributed by atoms with Crippen LogP contribution in [0.25, 0.3) is 22.2 Å². The Morgan fingerprint density at radius 2 is 1.56 bits per heavy atom. The Balaban J connectivity index is 1.80. The number of rotatable bonds is 4. The van der Waals surface area contributed by atoms with E-state index in [-0.39, 0.29) is 0 Å². The van der Waals surface area contributed by atoms with Crippen LogP contribution >= 0.6 is 0 Å². The zero-order valence-corrected chi connectivity index (χ0v) is 13.6. The van der Waals surface area contributed by atoms with Crippen molar-refractivity contribution in [1.82, 2.24) is 9.78 Å². The number of carbonyl (C=O) groups excluding carboxylic acids is 1. The smallest absolute Gasteiger partial charge is 0.248 e. The number of aromatic nitrogens is 2. The number of amides is 1. The third-order valence-corrected chi connectivity index (χ3v) is 4.28. The summed E-state index contributed by atoms with van der Waals surface area (Å²) < 4.78 is 2.02. The van der Waals surface area contributed by atoms with Gasteiger partial charge >= 0.3 is 0 Å². The molecule has 0 bridgehead atoms. The monoisotopic (exact) mass is 327 g/mol. The van der Waals surface area contributed by atoms with Crippen LogP contribution in [0.5, 0.6) is 0 Å². The molecule has 0 unspecified atom stereocenters. The average molecular weight is 327 g/mol. The van der Waals surface area contributed by atoms with E-state index in [4.69, 9.17) is 10.8 Å². The molecule has 1 aromatic heterocycles. The molecule has 0 fully saturated rings. The number of primary amides is 1. The standard InChI is InChI=1S/C21H17N3O/c22-21(25)17-12-10-16(11-13-17)20-18-8-4-5-9-19(18)24(23-20)14-15-6-2-1-3-7-15/h1-13H,14H2,(H2,22,25). The fourth-order valence-electron chi connectivity index (χ4n) is 3.01. The second-order valence-corrected chi connectivity index (χ2v) is 5.95. The molecule has 0 aliphatic heterocycles. The summed E-state index contributed by atoms with van der Waals surface area (Å²) in [4.78, 5) is 11.3. The minimum absolute atomic E-state index is 0.425. The van der Waals surface area contributed by atoms with Crippen LogP contribution < -0.4 is 5.73 Å². The Hall–Kier alpha value is -3.40. The maximum Gasteiger partial charge on any atom is 0.248 e. The van der Waals surface area contributed by atoms with Gasteiger partial charge in [-0.25, -0.2) is 0 Å². The summed E-state index contributed by atoms with van der Waals surface area (Å²) in [5, 5.41) is 5.92. The fraction of sp³-hybridized carbons (Fsp3) is 0.0476. The van der Waals surface area contributed by atoms with Gasteiger partial charge in [-0.05, 0) is 23.8 Å². The first-order valence-electron chi connectivity index (χ1n) is 8.12. The van der Waals surface area contributed by atoms with Gasteiger partial charge in [0.2, 0.25) is 5.91 Å². The Morgan fingerprint density at radius 1 is 0.880 bits per heavy atom. The van der Waals surface area contributed by atoms with Crippen LogP contribution in [0.4, 0.5) is 0 Å². The van der Waals surface area contributed by atoms with E-state index in [1.807, 2.05) is 47.1 Å². The van der Waals surface area contributed by atoms with Crippen molar-refractivity contribution in [1.29, 1.82) is 0 Å². The van der Waals surface area contributed by atoms with E-state index >= 15 is 0 Å². The topological polar surface area (TPSA) is 60.9 Å². The molecule has 0 aliphatic carbocycles. The van der Waals surface area contributed by atoms with Crippen molar-refractivity contribution in [2.75, 3.05) is 0 Å². The highest BCUT2D eigenvalue weighted by molar-refractivity contribution is 5.96. The number of para-hydroxylation sites is 1. The molecule has 4 heteroatoms. The SMILES string of the molecule is NC(=O)c1ccc(-c2nn(Cc3ccccc3)c3ccccc23)cc1. The maximum atomic E-state index is 11.3. The normalized spacial score (nSPS) is 10.9. The number of benzene rings is 3. The summed E-state index contributed by atoms with van der Waals surface area (Å²) in [6.45, 7) is 0.709. The van der Waals surface area contributed by atoms with E-state index in [9.17, 15) is 4.79 Å². The summed E-state index contributed by atoms with van der Waals surface area (Å²) in [5.74, 6) is -0.425. The van der Waals surface area contributed by atoms with E-state index in [0.717, 1.165) is 22.2 Å². The molecule has 122 valence electrons. The second kappa shape index (κ2) is 6.24. The van der Waals surface area contributed by atoms with Crippen LogP contribution in [0, 0.1) is 0 Å². The van der Waals surface area contributed by atoms with Gasteiger partial charge in [0.15, 0.2) is 0 Å². The van der Waals surface area contributed by atoms with Gasteiger partial charge in [-0.15, -0.1) is 0 Å². The number of hydrogen-bond donors (Lipinski definition) is 1. The highest BCUT2D eigenvalue weighted by Crippen LogP contribution is 2.28. The largest absolute Gasteiger partial charge is 0.366 e. The first-order chi connectivity index (χ1) is 12.2.